The molecule has 80 valence electrons. The molecule has 0 saturated carbocycles. The number of nitriles is 1. The monoisotopic (exact) mass is 205 g/mol. The van der Waals surface area contributed by atoms with E-state index in [1.54, 1.807) is 18.5 Å². The van der Waals surface area contributed by atoms with Gasteiger partial charge in [0.15, 0.2) is 0 Å². The SMILES string of the molecule is CC(C)C(CO)Nc1cnccc1C#N. The largest absolute Gasteiger partial charge is 0.394 e. The molecule has 4 heteroatoms. The summed E-state index contributed by atoms with van der Waals surface area (Å²) in [5.74, 6) is 0.293. The van der Waals surface area contributed by atoms with Crippen LogP contribution >= 0.6 is 0 Å². The van der Waals surface area contributed by atoms with Gasteiger partial charge in [0.2, 0.25) is 0 Å². The van der Waals surface area contributed by atoms with Gasteiger partial charge in [-0.3, -0.25) is 4.98 Å². The summed E-state index contributed by atoms with van der Waals surface area (Å²) < 4.78 is 0. The Balaban J connectivity index is 2.84. The maximum absolute atomic E-state index is 9.16. The van der Waals surface area contributed by atoms with Gasteiger partial charge in [0.25, 0.3) is 0 Å². The fourth-order valence-electron chi connectivity index (χ4n) is 1.23. The van der Waals surface area contributed by atoms with Crippen molar-refractivity contribution >= 4 is 5.69 Å². The highest BCUT2D eigenvalue weighted by Crippen LogP contribution is 2.15. The zero-order valence-electron chi connectivity index (χ0n) is 8.94. The predicted octanol–water partition coefficient (Wildman–Crippen LogP) is 1.38. The molecule has 4 nitrogen and oxygen atoms in total. The fraction of sp³-hybridized carbons (Fsp3) is 0.455. The molecule has 1 aromatic heterocycles. The number of hydrogen-bond acceptors (Lipinski definition) is 4. The molecular formula is C11H15N3O. The summed E-state index contributed by atoms with van der Waals surface area (Å²) in [5, 5.41) is 21.1. The van der Waals surface area contributed by atoms with E-state index in [1.165, 1.54) is 0 Å². The maximum atomic E-state index is 9.16. The van der Waals surface area contributed by atoms with E-state index in [0.717, 1.165) is 0 Å². The molecule has 1 aromatic rings. The van der Waals surface area contributed by atoms with E-state index in [1.807, 2.05) is 13.8 Å². The van der Waals surface area contributed by atoms with Crippen LogP contribution in [-0.4, -0.2) is 22.7 Å². The first-order valence-corrected chi connectivity index (χ1v) is 4.90. The summed E-state index contributed by atoms with van der Waals surface area (Å²) >= 11 is 0. The molecule has 0 radical (unpaired) electrons. The van der Waals surface area contributed by atoms with Crippen molar-refractivity contribution in [3.05, 3.63) is 24.0 Å². The topological polar surface area (TPSA) is 68.9 Å². The van der Waals surface area contributed by atoms with Gasteiger partial charge in [-0.2, -0.15) is 5.26 Å². The second kappa shape index (κ2) is 5.32. The molecule has 0 aliphatic rings. The van der Waals surface area contributed by atoms with Gasteiger partial charge in [-0.1, -0.05) is 13.8 Å². The number of rotatable bonds is 4. The Morgan fingerprint density at radius 2 is 2.33 bits per heavy atom. The lowest BCUT2D eigenvalue weighted by molar-refractivity contribution is 0.249. The third kappa shape index (κ3) is 2.93. The van der Waals surface area contributed by atoms with Gasteiger partial charge >= 0.3 is 0 Å². The lowest BCUT2D eigenvalue weighted by atomic mass is 10.0. The third-order valence-electron chi connectivity index (χ3n) is 2.28. The van der Waals surface area contributed by atoms with E-state index in [0.29, 0.717) is 17.2 Å². The van der Waals surface area contributed by atoms with Crippen molar-refractivity contribution in [2.24, 2.45) is 5.92 Å². The van der Waals surface area contributed by atoms with Crippen molar-refractivity contribution in [2.45, 2.75) is 19.9 Å². The molecule has 1 atom stereocenters. The van der Waals surface area contributed by atoms with Crippen LogP contribution in [0.3, 0.4) is 0 Å². The van der Waals surface area contributed by atoms with Gasteiger partial charge in [0.05, 0.1) is 30.1 Å². The molecule has 0 spiro atoms. The summed E-state index contributed by atoms with van der Waals surface area (Å²) in [6.45, 7) is 4.06. The Morgan fingerprint density at radius 1 is 1.60 bits per heavy atom. The van der Waals surface area contributed by atoms with Crippen LogP contribution in [0.1, 0.15) is 19.4 Å². The molecular weight excluding hydrogens is 190 g/mol. The molecule has 2 N–H and O–H groups in total. The number of pyridine rings is 1. The van der Waals surface area contributed by atoms with Crippen molar-refractivity contribution in [1.29, 1.82) is 5.26 Å². The molecule has 15 heavy (non-hydrogen) atoms. The summed E-state index contributed by atoms with van der Waals surface area (Å²) in [6, 6.07) is 3.68. The first-order valence-electron chi connectivity index (χ1n) is 4.90. The normalized spacial score (nSPS) is 12.2. The van der Waals surface area contributed by atoms with Gasteiger partial charge in [-0.05, 0) is 12.0 Å². The predicted molar refractivity (Wildman–Crippen MR) is 58.3 cm³/mol. The van der Waals surface area contributed by atoms with Crippen molar-refractivity contribution in [3.8, 4) is 6.07 Å². The standard InChI is InChI=1S/C11H15N3O/c1-8(2)11(7-15)14-10-6-13-4-3-9(10)5-12/h3-4,6,8,11,14-15H,7H2,1-2H3. The van der Waals surface area contributed by atoms with Crippen LogP contribution in [0.4, 0.5) is 5.69 Å². The summed E-state index contributed by atoms with van der Waals surface area (Å²) in [7, 11) is 0. The summed E-state index contributed by atoms with van der Waals surface area (Å²) in [4.78, 5) is 3.94. The Morgan fingerprint density at radius 3 is 2.87 bits per heavy atom. The van der Waals surface area contributed by atoms with E-state index >= 15 is 0 Å². The minimum atomic E-state index is -0.0544. The van der Waals surface area contributed by atoms with Crippen molar-refractivity contribution in [2.75, 3.05) is 11.9 Å². The molecule has 1 rings (SSSR count). The zero-order valence-corrected chi connectivity index (χ0v) is 8.94. The summed E-state index contributed by atoms with van der Waals surface area (Å²) in [5.41, 5.74) is 1.22. The number of aliphatic hydroxyl groups is 1. The highest BCUT2D eigenvalue weighted by atomic mass is 16.3. The average molecular weight is 205 g/mol. The number of aliphatic hydroxyl groups excluding tert-OH is 1. The molecule has 0 amide bonds. The van der Waals surface area contributed by atoms with Gasteiger partial charge in [-0.15, -0.1) is 0 Å². The molecule has 0 bridgehead atoms. The molecule has 0 aliphatic carbocycles. The second-order valence-electron chi connectivity index (χ2n) is 3.71. The minimum Gasteiger partial charge on any atom is -0.394 e. The van der Waals surface area contributed by atoms with Crippen LogP contribution in [0.25, 0.3) is 0 Å². The number of nitrogens with one attached hydrogen (secondary N) is 1. The van der Waals surface area contributed by atoms with E-state index in [2.05, 4.69) is 16.4 Å². The zero-order chi connectivity index (χ0) is 11.3. The highest BCUT2D eigenvalue weighted by molar-refractivity contribution is 5.55. The quantitative estimate of drug-likeness (QED) is 0.779. The molecule has 1 heterocycles. The first kappa shape index (κ1) is 11.5. The van der Waals surface area contributed by atoms with E-state index in [9.17, 15) is 0 Å². The average Bonchev–Trinajstić information content (AvgIpc) is 2.25. The van der Waals surface area contributed by atoms with Gasteiger partial charge in [0, 0.05) is 6.20 Å². The lowest BCUT2D eigenvalue weighted by Crippen LogP contribution is -2.29. The smallest absolute Gasteiger partial charge is 0.101 e. The number of hydrogen-bond donors (Lipinski definition) is 2. The van der Waals surface area contributed by atoms with Crippen LogP contribution < -0.4 is 5.32 Å². The van der Waals surface area contributed by atoms with Gasteiger partial charge in [0.1, 0.15) is 6.07 Å². The Bertz CT molecular complexity index is 357. The molecule has 1 unspecified atom stereocenters. The third-order valence-corrected chi connectivity index (χ3v) is 2.28. The van der Waals surface area contributed by atoms with Crippen molar-refractivity contribution < 1.29 is 5.11 Å². The number of nitrogens with zero attached hydrogens (tertiary/aromatic N) is 2. The van der Waals surface area contributed by atoms with Crippen LogP contribution in [0, 0.1) is 17.2 Å². The highest BCUT2D eigenvalue weighted by Gasteiger charge is 2.13. The minimum absolute atomic E-state index is 0.0391. The van der Waals surface area contributed by atoms with Crippen LogP contribution in [0.2, 0.25) is 0 Å². The van der Waals surface area contributed by atoms with Crippen LogP contribution in [-0.2, 0) is 0 Å². The van der Waals surface area contributed by atoms with E-state index in [4.69, 9.17) is 10.4 Å². The first-order chi connectivity index (χ1) is 7.19. The second-order valence-corrected chi connectivity index (χ2v) is 3.71. The van der Waals surface area contributed by atoms with Gasteiger partial charge < -0.3 is 10.4 Å². The number of aromatic nitrogens is 1. The van der Waals surface area contributed by atoms with Crippen LogP contribution in [0.5, 0.6) is 0 Å². The molecule has 0 saturated heterocycles. The molecule has 0 fully saturated rings. The fourth-order valence-corrected chi connectivity index (χ4v) is 1.23. The van der Waals surface area contributed by atoms with E-state index in [-0.39, 0.29) is 12.6 Å². The number of anilines is 1. The maximum Gasteiger partial charge on any atom is 0.101 e. The van der Waals surface area contributed by atoms with E-state index < -0.39 is 0 Å². The van der Waals surface area contributed by atoms with Gasteiger partial charge in [-0.25, -0.2) is 0 Å². The molecule has 0 aromatic carbocycles. The Kier molecular flexibility index (Phi) is 4.07. The lowest BCUT2D eigenvalue weighted by Gasteiger charge is -2.21. The Hall–Kier alpha value is -1.60. The van der Waals surface area contributed by atoms with Crippen molar-refractivity contribution in [3.63, 3.8) is 0 Å². The Labute approximate surface area is 89.6 Å². The van der Waals surface area contributed by atoms with Crippen LogP contribution in [0.15, 0.2) is 18.5 Å². The summed E-state index contributed by atoms with van der Waals surface area (Å²) in [6.07, 6.45) is 3.18. The van der Waals surface area contributed by atoms with Crippen molar-refractivity contribution in [1.82, 2.24) is 4.98 Å². The molecule has 0 aliphatic heterocycles.